The molecule has 2 atom stereocenters. The summed E-state index contributed by atoms with van der Waals surface area (Å²) in [6, 6.07) is 24.2. The molecule has 190 valence electrons. The zero-order chi connectivity index (χ0) is 26.4. The number of esters is 2. The number of amides is 1. The van der Waals surface area contributed by atoms with E-state index in [2.05, 4.69) is 0 Å². The average molecular weight is 509 g/mol. The normalized spacial score (nSPS) is 21.2. The van der Waals surface area contributed by atoms with E-state index >= 15 is 0 Å². The number of rotatable bonds is 4. The number of anilines is 1. The zero-order valence-corrected chi connectivity index (χ0v) is 20.8. The van der Waals surface area contributed by atoms with Crippen molar-refractivity contribution in [2.75, 3.05) is 19.1 Å². The molecule has 8 heteroatoms. The number of carbonyl (C=O) groups is 3. The van der Waals surface area contributed by atoms with Crippen LogP contribution >= 0.6 is 0 Å². The second-order valence-electron chi connectivity index (χ2n) is 9.10. The monoisotopic (exact) mass is 508 g/mol. The molecular formula is C30H24N2O6. The van der Waals surface area contributed by atoms with E-state index in [0.717, 1.165) is 16.7 Å². The number of hydrogen-bond donors (Lipinski definition) is 0. The van der Waals surface area contributed by atoms with Gasteiger partial charge in [0.1, 0.15) is 11.3 Å². The van der Waals surface area contributed by atoms with Gasteiger partial charge in [0.15, 0.2) is 6.23 Å². The van der Waals surface area contributed by atoms with Crippen LogP contribution in [0.3, 0.4) is 0 Å². The van der Waals surface area contributed by atoms with E-state index in [0.29, 0.717) is 11.3 Å². The Labute approximate surface area is 219 Å². The Hall–Kier alpha value is -4.69. The molecular weight excluding hydrogens is 484 g/mol. The van der Waals surface area contributed by atoms with E-state index in [1.165, 1.54) is 19.1 Å². The van der Waals surface area contributed by atoms with Crippen molar-refractivity contribution in [3.05, 3.63) is 119 Å². The van der Waals surface area contributed by atoms with Crippen molar-refractivity contribution in [2.24, 2.45) is 0 Å². The van der Waals surface area contributed by atoms with Crippen LogP contribution in [0.5, 0.6) is 0 Å². The number of benzene rings is 3. The fourth-order valence-electron chi connectivity index (χ4n) is 5.46. The number of fused-ring (bicyclic) bond motifs is 5. The zero-order valence-electron chi connectivity index (χ0n) is 20.8. The highest BCUT2D eigenvalue weighted by Crippen LogP contribution is 2.55. The van der Waals surface area contributed by atoms with Gasteiger partial charge in [0.2, 0.25) is 5.60 Å². The number of ether oxygens (including phenoxy) is 3. The van der Waals surface area contributed by atoms with Crippen LogP contribution in [0.4, 0.5) is 5.69 Å². The molecule has 6 rings (SSSR count). The molecule has 0 radical (unpaired) electrons. The lowest BCUT2D eigenvalue weighted by Crippen LogP contribution is -2.54. The molecule has 0 fully saturated rings. The second kappa shape index (κ2) is 9.00. The third-order valence-electron chi connectivity index (χ3n) is 7.14. The topological polar surface area (TPSA) is 85.4 Å². The van der Waals surface area contributed by atoms with Gasteiger partial charge in [0.05, 0.1) is 26.5 Å². The Morgan fingerprint density at radius 1 is 0.895 bits per heavy atom. The first-order valence-electron chi connectivity index (χ1n) is 12.1. The van der Waals surface area contributed by atoms with Gasteiger partial charge < -0.3 is 24.0 Å². The molecule has 3 aliphatic rings. The van der Waals surface area contributed by atoms with Crippen LogP contribution in [0.1, 0.15) is 28.5 Å². The predicted molar refractivity (Wildman–Crippen MR) is 138 cm³/mol. The molecule has 1 spiro atoms. The van der Waals surface area contributed by atoms with E-state index in [-0.39, 0.29) is 17.8 Å². The number of methoxy groups -OCH3 is 2. The van der Waals surface area contributed by atoms with Gasteiger partial charge in [-0.05, 0) is 23.3 Å². The highest BCUT2D eigenvalue weighted by Gasteiger charge is 2.63. The Morgan fingerprint density at radius 3 is 2.34 bits per heavy atom. The maximum absolute atomic E-state index is 14.6. The van der Waals surface area contributed by atoms with E-state index in [1.807, 2.05) is 72.8 Å². The second-order valence-corrected chi connectivity index (χ2v) is 9.10. The lowest BCUT2D eigenvalue weighted by molar-refractivity contribution is -0.177. The van der Waals surface area contributed by atoms with Crippen LogP contribution in [0, 0.1) is 0 Å². The largest absolute Gasteiger partial charge is 0.465 e. The Balaban J connectivity index is 1.64. The summed E-state index contributed by atoms with van der Waals surface area (Å²) in [7, 11) is 2.44. The SMILES string of the molecule is COC(=O)C1=C(C(=O)OC)C2(OC3c4ccccc4C=CN13)C(=O)N(Cc1ccccc1)c1ccccc12. The third kappa shape index (κ3) is 3.30. The molecule has 0 bridgehead atoms. The molecule has 0 aromatic heterocycles. The molecule has 8 nitrogen and oxygen atoms in total. The van der Waals surface area contributed by atoms with Crippen molar-refractivity contribution >= 4 is 29.6 Å². The predicted octanol–water partition coefficient (Wildman–Crippen LogP) is 4.04. The number of nitrogens with zero attached hydrogens (tertiary/aromatic N) is 2. The van der Waals surface area contributed by atoms with Crippen LogP contribution in [0.2, 0.25) is 0 Å². The van der Waals surface area contributed by atoms with Gasteiger partial charge in [0, 0.05) is 17.3 Å². The van der Waals surface area contributed by atoms with Gasteiger partial charge in [-0.2, -0.15) is 0 Å². The smallest absolute Gasteiger partial charge is 0.355 e. The first-order chi connectivity index (χ1) is 18.5. The first-order valence-corrected chi connectivity index (χ1v) is 12.1. The maximum atomic E-state index is 14.6. The standard InChI is InChI=1S/C30H24N2O6/c1-36-27(33)24-25(28(34)37-2)31-17-16-20-12-6-7-13-21(20)26(31)38-30(24)22-14-8-9-15-23(22)32(29(30)35)18-19-10-4-3-5-11-19/h3-17,26H,18H2,1-2H3. The van der Waals surface area contributed by atoms with Crippen molar-refractivity contribution < 1.29 is 28.6 Å². The summed E-state index contributed by atoms with van der Waals surface area (Å²) >= 11 is 0. The minimum absolute atomic E-state index is 0.105. The lowest BCUT2D eigenvalue weighted by atomic mass is 9.82. The minimum atomic E-state index is -1.94. The molecule has 0 aliphatic carbocycles. The van der Waals surface area contributed by atoms with Crippen molar-refractivity contribution in [3.8, 4) is 0 Å². The van der Waals surface area contributed by atoms with E-state index in [4.69, 9.17) is 14.2 Å². The maximum Gasteiger partial charge on any atom is 0.355 e. The summed E-state index contributed by atoms with van der Waals surface area (Å²) in [5.41, 5.74) is 1.27. The number of para-hydroxylation sites is 1. The molecule has 0 N–H and O–H groups in total. The van der Waals surface area contributed by atoms with E-state index in [9.17, 15) is 14.4 Å². The molecule has 3 aromatic carbocycles. The van der Waals surface area contributed by atoms with Gasteiger partial charge in [-0.3, -0.25) is 4.79 Å². The van der Waals surface area contributed by atoms with E-state index in [1.54, 1.807) is 23.2 Å². The molecule has 3 aromatic rings. The van der Waals surface area contributed by atoms with Gasteiger partial charge in [-0.15, -0.1) is 0 Å². The Bertz CT molecular complexity index is 1530. The molecule has 0 saturated carbocycles. The molecule has 3 heterocycles. The van der Waals surface area contributed by atoms with E-state index < -0.39 is 29.7 Å². The van der Waals surface area contributed by atoms with Gasteiger partial charge in [-0.1, -0.05) is 72.8 Å². The summed E-state index contributed by atoms with van der Waals surface area (Å²) in [5, 5.41) is 0. The highest BCUT2D eigenvalue weighted by atomic mass is 16.6. The lowest BCUT2D eigenvalue weighted by Gasteiger charge is -2.46. The summed E-state index contributed by atoms with van der Waals surface area (Å²) < 4.78 is 17.1. The van der Waals surface area contributed by atoms with Crippen molar-refractivity contribution in [2.45, 2.75) is 18.4 Å². The molecule has 38 heavy (non-hydrogen) atoms. The Morgan fingerprint density at radius 2 is 1.58 bits per heavy atom. The number of carbonyl (C=O) groups excluding carboxylic acids is 3. The minimum Gasteiger partial charge on any atom is -0.465 e. The summed E-state index contributed by atoms with van der Waals surface area (Å²) in [5.74, 6) is -2.13. The third-order valence-corrected chi connectivity index (χ3v) is 7.14. The molecule has 0 saturated heterocycles. The quantitative estimate of drug-likeness (QED) is 0.492. The number of hydrogen-bond acceptors (Lipinski definition) is 7. The van der Waals surface area contributed by atoms with Crippen LogP contribution in [0.25, 0.3) is 6.08 Å². The summed E-state index contributed by atoms with van der Waals surface area (Å²) in [4.78, 5) is 44.6. The van der Waals surface area contributed by atoms with Crippen molar-refractivity contribution in [1.82, 2.24) is 4.90 Å². The van der Waals surface area contributed by atoms with Crippen LogP contribution < -0.4 is 4.90 Å². The van der Waals surface area contributed by atoms with Crippen molar-refractivity contribution in [3.63, 3.8) is 0 Å². The first kappa shape index (κ1) is 23.7. The Kier molecular flexibility index (Phi) is 5.61. The van der Waals surface area contributed by atoms with Crippen LogP contribution in [-0.2, 0) is 40.7 Å². The fourth-order valence-corrected chi connectivity index (χ4v) is 5.46. The highest BCUT2D eigenvalue weighted by molar-refractivity contribution is 6.16. The molecule has 1 amide bonds. The molecule has 2 unspecified atom stereocenters. The van der Waals surface area contributed by atoms with Gasteiger partial charge in [0.25, 0.3) is 5.91 Å². The van der Waals surface area contributed by atoms with Crippen LogP contribution in [0.15, 0.2) is 96.3 Å². The van der Waals surface area contributed by atoms with Crippen LogP contribution in [-0.4, -0.2) is 37.0 Å². The average Bonchev–Trinajstić information content (AvgIpc) is 3.19. The fraction of sp³-hybridized carbons (Fsp3) is 0.167. The van der Waals surface area contributed by atoms with Crippen molar-refractivity contribution in [1.29, 1.82) is 0 Å². The summed E-state index contributed by atoms with van der Waals surface area (Å²) in [6.45, 7) is 0.245. The van der Waals surface area contributed by atoms with Gasteiger partial charge >= 0.3 is 11.9 Å². The van der Waals surface area contributed by atoms with Gasteiger partial charge in [-0.25, -0.2) is 9.59 Å². The summed E-state index contributed by atoms with van der Waals surface area (Å²) in [6.07, 6.45) is 2.59. The molecule has 3 aliphatic heterocycles.